The third-order valence-electron chi connectivity index (χ3n) is 11.9. The maximum Gasteiger partial charge on any atom is 0.164 e. The molecule has 4 nitrogen and oxygen atoms in total. The van der Waals surface area contributed by atoms with Crippen LogP contribution in [0.2, 0.25) is 0 Å². The maximum atomic E-state index is 5.16. The van der Waals surface area contributed by atoms with E-state index in [2.05, 4.69) is 199 Å². The fraction of sp³-hybridized carbons (Fsp3) is 0. The largest absolute Gasteiger partial charge is 0.309 e. The normalized spacial score (nSPS) is 11.5. The summed E-state index contributed by atoms with van der Waals surface area (Å²) in [5, 5.41) is 4.95. The summed E-state index contributed by atoms with van der Waals surface area (Å²) in [5.41, 5.74) is 13.5. The number of benzene rings is 9. The molecule has 3 aromatic heterocycles. The molecule has 12 aromatic rings. The molecule has 0 spiro atoms. The topological polar surface area (TPSA) is 43.6 Å². The van der Waals surface area contributed by atoms with E-state index < -0.39 is 0 Å². The zero-order chi connectivity index (χ0) is 41.0. The van der Waals surface area contributed by atoms with Crippen molar-refractivity contribution in [3.8, 4) is 73.2 Å². The van der Waals surface area contributed by atoms with Crippen molar-refractivity contribution in [1.29, 1.82) is 0 Å². The van der Waals surface area contributed by atoms with Gasteiger partial charge in [0.2, 0.25) is 0 Å². The molecule has 0 aliphatic heterocycles. The fourth-order valence-electron chi connectivity index (χ4n) is 9.04. The lowest BCUT2D eigenvalue weighted by Crippen LogP contribution is -2.00. The van der Waals surface area contributed by atoms with Crippen LogP contribution in [-0.4, -0.2) is 19.5 Å². The highest BCUT2D eigenvalue weighted by atomic mass is 32.1. The van der Waals surface area contributed by atoms with Gasteiger partial charge >= 0.3 is 0 Å². The Balaban J connectivity index is 1.01. The van der Waals surface area contributed by atoms with Crippen molar-refractivity contribution in [2.45, 2.75) is 0 Å². The Bertz CT molecular complexity index is 3630. The van der Waals surface area contributed by atoms with Crippen LogP contribution in [0.1, 0.15) is 0 Å². The van der Waals surface area contributed by atoms with Crippen LogP contribution in [0, 0.1) is 0 Å². The van der Waals surface area contributed by atoms with Gasteiger partial charge in [0, 0.05) is 58.9 Å². The van der Waals surface area contributed by atoms with E-state index in [0.29, 0.717) is 17.5 Å². The summed E-state index contributed by atoms with van der Waals surface area (Å²) >= 11 is 1.81. The standard InChI is InChI=1S/C57H36N4S/c1-4-17-37(18-5-1)39-21-14-22-40(35-39)56-58-55(38-19-6-2-7-20-38)59-57(60-56)41-33-34-49-52(36-41)62-51-32-16-28-46(53(49)51)43-25-10-11-26-44(43)47-29-15-30-48-45-27-12-13-31-50(45)61(54(47)48)42-23-8-3-9-24-42/h1-36H. The average Bonchev–Trinajstić information content (AvgIpc) is 3.90. The fourth-order valence-corrected chi connectivity index (χ4v) is 10.2. The first-order valence-corrected chi connectivity index (χ1v) is 21.7. The average molecular weight is 809 g/mol. The zero-order valence-electron chi connectivity index (χ0n) is 33.5. The third-order valence-corrected chi connectivity index (χ3v) is 13.0. The number of nitrogens with zero attached hydrogens (tertiary/aromatic N) is 4. The van der Waals surface area contributed by atoms with Gasteiger partial charge in [-0.1, -0.05) is 182 Å². The SMILES string of the molecule is c1ccc(-c2cccc(-c3nc(-c4ccccc4)nc(-c4ccc5c(c4)sc4cccc(-c6ccccc6-c6cccc7c8ccccc8n(-c8ccccc8)c67)c45)n3)c2)cc1. The summed E-state index contributed by atoms with van der Waals surface area (Å²) in [6.45, 7) is 0. The molecular formula is C57H36N4S. The molecule has 62 heavy (non-hydrogen) atoms. The van der Waals surface area contributed by atoms with Gasteiger partial charge in [-0.05, 0) is 64.2 Å². The molecule has 12 rings (SSSR count). The van der Waals surface area contributed by atoms with Crippen LogP contribution in [0.25, 0.3) is 115 Å². The summed E-state index contributed by atoms with van der Waals surface area (Å²) in [5.74, 6) is 1.93. The smallest absolute Gasteiger partial charge is 0.164 e. The van der Waals surface area contributed by atoms with Gasteiger partial charge in [0.15, 0.2) is 17.5 Å². The summed E-state index contributed by atoms with van der Waals surface area (Å²) in [4.78, 5) is 15.3. The lowest BCUT2D eigenvalue weighted by atomic mass is 9.91. The van der Waals surface area contributed by atoms with Gasteiger partial charge in [0.1, 0.15) is 0 Å². The quantitative estimate of drug-likeness (QED) is 0.161. The second kappa shape index (κ2) is 14.9. The molecule has 0 aliphatic rings. The zero-order valence-corrected chi connectivity index (χ0v) is 34.3. The van der Waals surface area contributed by atoms with Crippen LogP contribution in [0.15, 0.2) is 218 Å². The summed E-state index contributed by atoms with van der Waals surface area (Å²) < 4.78 is 4.84. The molecule has 0 radical (unpaired) electrons. The molecule has 0 bridgehead atoms. The van der Waals surface area contributed by atoms with Gasteiger partial charge in [-0.15, -0.1) is 11.3 Å². The Hall–Kier alpha value is -7.99. The molecule has 0 amide bonds. The lowest BCUT2D eigenvalue weighted by molar-refractivity contribution is 1.07. The van der Waals surface area contributed by atoms with Crippen molar-refractivity contribution < 1.29 is 0 Å². The number of aromatic nitrogens is 4. The van der Waals surface area contributed by atoms with E-state index in [1.807, 2.05) is 35.6 Å². The minimum atomic E-state index is 0.642. The van der Waals surface area contributed by atoms with Crippen molar-refractivity contribution in [3.05, 3.63) is 218 Å². The van der Waals surface area contributed by atoms with Gasteiger partial charge in [-0.25, -0.2) is 15.0 Å². The highest BCUT2D eigenvalue weighted by Gasteiger charge is 2.21. The van der Waals surface area contributed by atoms with Crippen molar-refractivity contribution in [2.75, 3.05) is 0 Å². The molecular weight excluding hydrogens is 773 g/mol. The molecule has 0 saturated heterocycles. The van der Waals surface area contributed by atoms with Crippen molar-refractivity contribution in [3.63, 3.8) is 0 Å². The Morgan fingerprint density at radius 1 is 0.323 bits per heavy atom. The summed E-state index contributed by atoms with van der Waals surface area (Å²) in [7, 11) is 0. The van der Waals surface area contributed by atoms with E-state index in [1.165, 1.54) is 64.2 Å². The molecule has 290 valence electrons. The van der Waals surface area contributed by atoms with E-state index in [4.69, 9.17) is 15.0 Å². The van der Waals surface area contributed by atoms with E-state index in [9.17, 15) is 0 Å². The van der Waals surface area contributed by atoms with E-state index in [1.54, 1.807) is 0 Å². The molecule has 0 N–H and O–H groups in total. The number of hydrogen-bond donors (Lipinski definition) is 0. The van der Waals surface area contributed by atoms with Crippen molar-refractivity contribution in [2.24, 2.45) is 0 Å². The minimum Gasteiger partial charge on any atom is -0.309 e. The Morgan fingerprint density at radius 2 is 0.855 bits per heavy atom. The predicted molar refractivity (Wildman–Crippen MR) is 260 cm³/mol. The van der Waals surface area contributed by atoms with Gasteiger partial charge < -0.3 is 4.57 Å². The Labute approximate surface area is 362 Å². The number of thiophene rings is 1. The predicted octanol–water partition coefficient (Wildman–Crippen LogP) is 15.3. The molecule has 9 aromatic carbocycles. The van der Waals surface area contributed by atoms with Gasteiger partial charge in [0.05, 0.1) is 11.0 Å². The van der Waals surface area contributed by atoms with Gasteiger partial charge in [-0.2, -0.15) is 0 Å². The lowest BCUT2D eigenvalue weighted by Gasteiger charge is -2.15. The van der Waals surface area contributed by atoms with Crippen molar-refractivity contribution in [1.82, 2.24) is 19.5 Å². The van der Waals surface area contributed by atoms with Crippen LogP contribution in [-0.2, 0) is 0 Å². The number of rotatable bonds is 7. The molecule has 5 heteroatoms. The summed E-state index contributed by atoms with van der Waals surface area (Å²) in [6, 6.07) is 77.5. The second-order valence-electron chi connectivity index (χ2n) is 15.5. The maximum absolute atomic E-state index is 5.16. The Kier molecular flexibility index (Phi) is 8.65. The van der Waals surface area contributed by atoms with Crippen molar-refractivity contribution >= 4 is 53.3 Å². The van der Waals surface area contributed by atoms with E-state index in [-0.39, 0.29) is 0 Å². The highest BCUT2D eigenvalue weighted by Crippen LogP contribution is 2.46. The molecule has 0 aliphatic carbocycles. The van der Waals surface area contributed by atoms with Crippen LogP contribution >= 0.6 is 11.3 Å². The molecule has 0 atom stereocenters. The third kappa shape index (κ3) is 6.09. The molecule has 0 unspecified atom stereocenters. The van der Waals surface area contributed by atoms with Gasteiger partial charge in [-0.3, -0.25) is 0 Å². The van der Waals surface area contributed by atoms with E-state index in [0.717, 1.165) is 33.5 Å². The minimum absolute atomic E-state index is 0.642. The first-order chi connectivity index (χ1) is 30.7. The first-order valence-electron chi connectivity index (χ1n) is 20.9. The van der Waals surface area contributed by atoms with Crippen LogP contribution < -0.4 is 0 Å². The summed E-state index contributed by atoms with van der Waals surface area (Å²) in [6.07, 6.45) is 0. The highest BCUT2D eigenvalue weighted by molar-refractivity contribution is 7.26. The monoisotopic (exact) mass is 808 g/mol. The number of fused-ring (bicyclic) bond motifs is 6. The Morgan fingerprint density at radius 3 is 1.63 bits per heavy atom. The molecule has 0 fully saturated rings. The molecule has 0 saturated carbocycles. The number of hydrogen-bond acceptors (Lipinski definition) is 4. The number of para-hydroxylation sites is 3. The molecule has 3 heterocycles. The van der Waals surface area contributed by atoms with Crippen LogP contribution in [0.3, 0.4) is 0 Å². The second-order valence-corrected chi connectivity index (χ2v) is 16.6. The first kappa shape index (κ1) is 35.9. The van der Waals surface area contributed by atoms with Crippen LogP contribution in [0.5, 0.6) is 0 Å². The van der Waals surface area contributed by atoms with Crippen LogP contribution in [0.4, 0.5) is 0 Å². The van der Waals surface area contributed by atoms with Gasteiger partial charge in [0.25, 0.3) is 0 Å². The van der Waals surface area contributed by atoms with E-state index >= 15 is 0 Å².